The third-order valence-electron chi connectivity index (χ3n) is 5.03. The number of aryl methyl sites for hydroxylation is 1. The Morgan fingerprint density at radius 1 is 1.09 bits per heavy atom. The number of aromatic nitrogens is 2. The summed E-state index contributed by atoms with van der Waals surface area (Å²) >= 11 is 1.26. The molecule has 0 radical (unpaired) electrons. The molecule has 32 heavy (non-hydrogen) atoms. The van der Waals surface area contributed by atoms with Crippen LogP contribution in [0.3, 0.4) is 0 Å². The normalized spacial score (nSPS) is 12.5. The van der Waals surface area contributed by atoms with Crippen LogP contribution < -0.4 is 20.7 Å². The van der Waals surface area contributed by atoms with Crippen LogP contribution in [0.25, 0.3) is 10.6 Å². The van der Waals surface area contributed by atoms with E-state index >= 15 is 0 Å². The van der Waals surface area contributed by atoms with Crippen molar-refractivity contribution in [3.8, 4) is 16.3 Å². The lowest BCUT2D eigenvalue weighted by atomic mass is 9.98. The van der Waals surface area contributed by atoms with Crippen LogP contribution in [0.15, 0.2) is 48.5 Å². The molecule has 3 N–H and O–H groups in total. The molecule has 2 atom stereocenters. The van der Waals surface area contributed by atoms with Gasteiger partial charge in [-0.2, -0.15) is 0 Å². The van der Waals surface area contributed by atoms with Crippen LogP contribution in [0.2, 0.25) is 0 Å². The highest BCUT2D eigenvalue weighted by molar-refractivity contribution is 7.18. The maximum atomic E-state index is 13.0. The van der Waals surface area contributed by atoms with Crippen LogP contribution in [0.1, 0.15) is 25.8 Å². The Kier molecular flexibility index (Phi) is 7.77. The van der Waals surface area contributed by atoms with Gasteiger partial charge in [0.1, 0.15) is 16.8 Å². The first-order valence-electron chi connectivity index (χ1n) is 10.3. The summed E-state index contributed by atoms with van der Waals surface area (Å²) in [5.41, 5.74) is 2.54. The number of benzene rings is 2. The number of methoxy groups -OCH3 is 1. The molecular weight excluding hydrogens is 426 g/mol. The number of nitrogens with zero attached hydrogens (tertiary/aromatic N) is 2. The van der Waals surface area contributed by atoms with E-state index in [1.54, 1.807) is 13.2 Å². The number of anilines is 2. The number of ether oxygens (including phenoxy) is 1. The van der Waals surface area contributed by atoms with Gasteiger partial charge in [0.2, 0.25) is 11.0 Å². The van der Waals surface area contributed by atoms with Crippen molar-refractivity contribution in [3.63, 3.8) is 0 Å². The summed E-state index contributed by atoms with van der Waals surface area (Å²) in [6.45, 7) is 5.83. The van der Waals surface area contributed by atoms with Gasteiger partial charge in [0.05, 0.1) is 7.11 Å². The molecule has 168 valence electrons. The monoisotopic (exact) mass is 453 g/mol. The zero-order chi connectivity index (χ0) is 23.1. The quantitative estimate of drug-likeness (QED) is 0.459. The van der Waals surface area contributed by atoms with Gasteiger partial charge in [0.15, 0.2) is 0 Å². The zero-order valence-electron chi connectivity index (χ0n) is 18.5. The summed E-state index contributed by atoms with van der Waals surface area (Å²) in [6, 6.07) is 13.8. The van der Waals surface area contributed by atoms with E-state index in [-0.39, 0.29) is 11.8 Å². The van der Waals surface area contributed by atoms with E-state index in [1.165, 1.54) is 11.3 Å². The summed E-state index contributed by atoms with van der Waals surface area (Å²) in [5.74, 6) is 0.292. The minimum absolute atomic E-state index is 0.0796. The summed E-state index contributed by atoms with van der Waals surface area (Å²) in [4.78, 5) is 25.5. The molecule has 3 amide bonds. The van der Waals surface area contributed by atoms with E-state index in [0.29, 0.717) is 28.0 Å². The number of hydrogen-bond acceptors (Lipinski definition) is 6. The molecule has 0 spiro atoms. The first kappa shape index (κ1) is 23.2. The molecule has 3 aromatic rings. The number of hydrogen-bond donors (Lipinski definition) is 3. The molecule has 0 bridgehead atoms. The van der Waals surface area contributed by atoms with Crippen molar-refractivity contribution in [3.05, 3.63) is 54.1 Å². The van der Waals surface area contributed by atoms with Gasteiger partial charge in [-0.15, -0.1) is 10.2 Å². The van der Waals surface area contributed by atoms with Crippen LogP contribution in [0.4, 0.5) is 15.6 Å². The van der Waals surface area contributed by atoms with Gasteiger partial charge in [-0.1, -0.05) is 55.9 Å². The second-order valence-corrected chi connectivity index (χ2v) is 8.44. The maximum absolute atomic E-state index is 13.0. The molecule has 0 saturated carbocycles. The fraction of sp³-hybridized carbons (Fsp3) is 0.304. The van der Waals surface area contributed by atoms with E-state index in [1.807, 2.05) is 63.2 Å². The van der Waals surface area contributed by atoms with Gasteiger partial charge in [-0.05, 0) is 42.7 Å². The molecule has 0 aliphatic rings. The average Bonchev–Trinajstić information content (AvgIpc) is 3.25. The standard InChI is InChI=1S/C23H27N5O3S/c1-5-15(3)19(25-22(30)24-17-10-6-8-14(2)12-17)20(29)26-23-28-27-21(32-23)16-9-7-11-18(13-16)31-4/h6-13,15,19H,5H2,1-4H3,(H2,24,25,30)(H,26,28,29). The van der Waals surface area contributed by atoms with Crippen molar-refractivity contribution < 1.29 is 14.3 Å². The zero-order valence-corrected chi connectivity index (χ0v) is 19.3. The van der Waals surface area contributed by atoms with Gasteiger partial charge in [0.25, 0.3) is 0 Å². The number of urea groups is 1. The van der Waals surface area contributed by atoms with Crippen molar-refractivity contribution in [2.45, 2.75) is 33.2 Å². The Morgan fingerprint density at radius 2 is 1.88 bits per heavy atom. The third-order valence-corrected chi connectivity index (χ3v) is 5.92. The maximum Gasteiger partial charge on any atom is 0.319 e. The molecule has 0 fully saturated rings. The predicted octanol–water partition coefficient (Wildman–Crippen LogP) is 4.70. The number of carbonyl (C=O) groups is 2. The minimum Gasteiger partial charge on any atom is -0.497 e. The third kappa shape index (κ3) is 6.04. The molecular formula is C23H27N5O3S. The van der Waals surface area contributed by atoms with Crippen LogP contribution in [-0.4, -0.2) is 35.3 Å². The van der Waals surface area contributed by atoms with Crippen LogP contribution in [0, 0.1) is 12.8 Å². The smallest absolute Gasteiger partial charge is 0.319 e. The van der Waals surface area contributed by atoms with Gasteiger partial charge < -0.3 is 15.4 Å². The van der Waals surface area contributed by atoms with Crippen molar-refractivity contribution in [2.24, 2.45) is 5.92 Å². The molecule has 2 unspecified atom stereocenters. The van der Waals surface area contributed by atoms with E-state index in [2.05, 4.69) is 26.1 Å². The summed E-state index contributed by atoms with van der Waals surface area (Å²) in [6.07, 6.45) is 0.716. The molecule has 0 aliphatic carbocycles. The highest BCUT2D eigenvalue weighted by atomic mass is 32.1. The lowest BCUT2D eigenvalue weighted by Gasteiger charge is -2.23. The molecule has 2 aromatic carbocycles. The van der Waals surface area contributed by atoms with Gasteiger partial charge >= 0.3 is 6.03 Å². The molecule has 1 heterocycles. The lowest BCUT2D eigenvalue weighted by Crippen LogP contribution is -2.49. The van der Waals surface area contributed by atoms with Crippen molar-refractivity contribution in [1.82, 2.24) is 15.5 Å². The Balaban J connectivity index is 1.68. The molecule has 3 rings (SSSR count). The molecule has 8 nitrogen and oxygen atoms in total. The molecule has 0 aliphatic heterocycles. The van der Waals surface area contributed by atoms with Crippen molar-refractivity contribution >= 4 is 34.1 Å². The molecule has 1 aromatic heterocycles. The number of carbonyl (C=O) groups excluding carboxylic acids is 2. The Hall–Kier alpha value is -3.46. The number of amides is 3. The van der Waals surface area contributed by atoms with Gasteiger partial charge in [0, 0.05) is 11.3 Å². The highest BCUT2D eigenvalue weighted by Gasteiger charge is 2.27. The SMILES string of the molecule is CCC(C)C(NC(=O)Nc1cccc(C)c1)C(=O)Nc1nnc(-c2cccc(OC)c2)s1. The van der Waals surface area contributed by atoms with E-state index in [9.17, 15) is 9.59 Å². The largest absolute Gasteiger partial charge is 0.497 e. The summed E-state index contributed by atoms with van der Waals surface area (Å²) in [7, 11) is 1.60. The van der Waals surface area contributed by atoms with E-state index in [4.69, 9.17) is 4.74 Å². The van der Waals surface area contributed by atoms with Crippen LogP contribution in [0.5, 0.6) is 5.75 Å². The summed E-state index contributed by atoms with van der Waals surface area (Å²) in [5, 5.41) is 17.6. The predicted molar refractivity (Wildman–Crippen MR) is 127 cm³/mol. The average molecular weight is 454 g/mol. The summed E-state index contributed by atoms with van der Waals surface area (Å²) < 4.78 is 5.24. The number of nitrogens with one attached hydrogen (secondary N) is 3. The number of rotatable bonds is 8. The van der Waals surface area contributed by atoms with Crippen molar-refractivity contribution in [1.29, 1.82) is 0 Å². The topological polar surface area (TPSA) is 105 Å². The Labute approximate surface area is 191 Å². The lowest BCUT2D eigenvalue weighted by molar-refractivity contribution is -0.119. The molecule has 0 saturated heterocycles. The second-order valence-electron chi connectivity index (χ2n) is 7.46. The van der Waals surface area contributed by atoms with Crippen LogP contribution in [-0.2, 0) is 4.79 Å². The van der Waals surface area contributed by atoms with Gasteiger partial charge in [-0.25, -0.2) is 4.79 Å². The fourth-order valence-electron chi connectivity index (χ4n) is 3.06. The van der Waals surface area contributed by atoms with Gasteiger partial charge in [-0.3, -0.25) is 10.1 Å². The fourth-order valence-corrected chi connectivity index (χ4v) is 3.81. The molecule has 9 heteroatoms. The van der Waals surface area contributed by atoms with Crippen LogP contribution >= 0.6 is 11.3 Å². The first-order valence-corrected chi connectivity index (χ1v) is 11.1. The van der Waals surface area contributed by atoms with Crippen molar-refractivity contribution in [2.75, 3.05) is 17.7 Å². The minimum atomic E-state index is -0.728. The Morgan fingerprint density at radius 3 is 2.59 bits per heavy atom. The Bertz CT molecular complexity index is 1080. The first-order chi connectivity index (χ1) is 15.4. The highest BCUT2D eigenvalue weighted by Crippen LogP contribution is 2.29. The second kappa shape index (κ2) is 10.7. The van der Waals surface area contributed by atoms with E-state index < -0.39 is 12.1 Å². The van der Waals surface area contributed by atoms with E-state index in [0.717, 1.165) is 11.1 Å².